The molecule has 0 aromatic carbocycles. The quantitative estimate of drug-likeness (QED) is 0.640. The van der Waals surface area contributed by atoms with Crippen LogP contribution in [0.25, 0.3) is 0 Å². The number of nitrogens with zero attached hydrogens (tertiary/aromatic N) is 2. The second-order valence-corrected chi connectivity index (χ2v) is 11.3. The van der Waals surface area contributed by atoms with E-state index in [1.54, 1.807) is 11.3 Å². The third-order valence-corrected chi connectivity index (χ3v) is 8.83. The first kappa shape index (κ1) is 19.5. The molecule has 3 fully saturated rings. The molecule has 150 valence electrons. The van der Waals surface area contributed by atoms with Crippen molar-refractivity contribution in [2.24, 2.45) is 17.8 Å². The molecule has 0 radical (unpaired) electrons. The van der Waals surface area contributed by atoms with E-state index in [2.05, 4.69) is 27.8 Å². The summed E-state index contributed by atoms with van der Waals surface area (Å²) in [4.78, 5) is 12.7. The highest BCUT2D eigenvalue weighted by Gasteiger charge is 2.42. The van der Waals surface area contributed by atoms with Gasteiger partial charge in [-0.3, -0.25) is 4.79 Å². The molecule has 27 heavy (non-hydrogen) atoms. The smallest absolute Gasteiger partial charge is 0.233 e. The molecule has 5 unspecified atom stereocenters. The summed E-state index contributed by atoms with van der Waals surface area (Å²) in [5.41, 5.74) is 0. The molecule has 3 aliphatic carbocycles. The first-order chi connectivity index (χ1) is 13.1. The van der Waals surface area contributed by atoms with Crippen LogP contribution < -0.4 is 10.6 Å². The van der Waals surface area contributed by atoms with Crippen LogP contribution in [0, 0.1) is 17.8 Å². The highest BCUT2D eigenvalue weighted by Crippen LogP contribution is 2.49. The Morgan fingerprint density at radius 1 is 1.11 bits per heavy atom. The minimum atomic E-state index is -0.137. The van der Waals surface area contributed by atoms with E-state index >= 15 is 0 Å². The van der Waals surface area contributed by atoms with Gasteiger partial charge in [-0.1, -0.05) is 48.8 Å². The van der Waals surface area contributed by atoms with Gasteiger partial charge in [0.05, 0.1) is 5.25 Å². The van der Waals surface area contributed by atoms with Crippen molar-refractivity contribution in [2.45, 2.75) is 93.3 Å². The highest BCUT2D eigenvalue weighted by atomic mass is 32.2. The van der Waals surface area contributed by atoms with Gasteiger partial charge in [0, 0.05) is 12.1 Å². The molecular formula is C20H32N4OS2. The van der Waals surface area contributed by atoms with Crippen molar-refractivity contribution in [3.63, 3.8) is 0 Å². The maximum Gasteiger partial charge on any atom is 0.233 e. The Balaban J connectivity index is 1.24. The molecule has 3 aliphatic rings. The SMILES string of the molecule is CC(Sc1nnc(NC2CCCCC2)s1)C(=O)NC(C)C1CC2CCC1C2. The average molecular weight is 409 g/mol. The summed E-state index contributed by atoms with van der Waals surface area (Å²) in [7, 11) is 0. The molecule has 2 N–H and O–H groups in total. The monoisotopic (exact) mass is 408 g/mol. The molecule has 1 heterocycles. The molecular weight excluding hydrogens is 376 g/mol. The summed E-state index contributed by atoms with van der Waals surface area (Å²) in [5.74, 6) is 2.57. The maximum atomic E-state index is 12.7. The molecule has 4 rings (SSSR count). The van der Waals surface area contributed by atoms with Crippen molar-refractivity contribution in [1.82, 2.24) is 15.5 Å². The Bertz CT molecular complexity index is 646. The fourth-order valence-corrected chi connectivity index (χ4v) is 7.28. The Morgan fingerprint density at radius 3 is 2.63 bits per heavy atom. The standard InChI is InChI=1S/C20H32N4OS2/c1-12(17-11-14-8-9-15(17)10-14)21-18(25)13(2)26-20-24-23-19(27-20)22-16-6-4-3-5-7-16/h12-17H,3-11H2,1-2H3,(H,21,25)(H,22,23). The molecule has 5 atom stereocenters. The zero-order valence-electron chi connectivity index (χ0n) is 16.4. The average Bonchev–Trinajstić information content (AvgIpc) is 3.40. The number of rotatable bonds is 7. The summed E-state index contributed by atoms with van der Waals surface area (Å²) in [6.07, 6.45) is 11.9. The van der Waals surface area contributed by atoms with Crippen molar-refractivity contribution in [3.8, 4) is 0 Å². The van der Waals surface area contributed by atoms with E-state index in [1.807, 2.05) is 6.92 Å². The number of anilines is 1. The van der Waals surface area contributed by atoms with Crippen LogP contribution in [0.2, 0.25) is 0 Å². The van der Waals surface area contributed by atoms with Crippen LogP contribution in [-0.4, -0.2) is 33.4 Å². The second kappa shape index (κ2) is 8.68. The number of hydrogen-bond donors (Lipinski definition) is 2. The van der Waals surface area contributed by atoms with Crippen LogP contribution in [0.4, 0.5) is 5.13 Å². The molecule has 7 heteroatoms. The van der Waals surface area contributed by atoms with Crippen LogP contribution in [0.3, 0.4) is 0 Å². The number of amides is 1. The van der Waals surface area contributed by atoms with Crippen LogP contribution in [0.5, 0.6) is 0 Å². The number of hydrogen-bond acceptors (Lipinski definition) is 6. The Morgan fingerprint density at radius 2 is 1.93 bits per heavy atom. The summed E-state index contributed by atoms with van der Waals surface area (Å²) < 4.78 is 0.878. The number of nitrogens with one attached hydrogen (secondary N) is 2. The lowest BCUT2D eigenvalue weighted by Crippen LogP contribution is -2.43. The molecule has 3 saturated carbocycles. The first-order valence-electron chi connectivity index (χ1n) is 10.7. The summed E-state index contributed by atoms with van der Waals surface area (Å²) >= 11 is 3.10. The Hall–Kier alpha value is -0.820. The minimum absolute atomic E-state index is 0.132. The van der Waals surface area contributed by atoms with Gasteiger partial charge < -0.3 is 10.6 Å². The lowest BCUT2D eigenvalue weighted by molar-refractivity contribution is -0.121. The lowest BCUT2D eigenvalue weighted by Gasteiger charge is -2.29. The van der Waals surface area contributed by atoms with Crippen molar-refractivity contribution < 1.29 is 4.79 Å². The van der Waals surface area contributed by atoms with E-state index in [1.165, 1.54) is 69.5 Å². The van der Waals surface area contributed by atoms with E-state index in [9.17, 15) is 4.79 Å². The molecule has 0 saturated heterocycles. The van der Waals surface area contributed by atoms with E-state index in [-0.39, 0.29) is 17.2 Å². The van der Waals surface area contributed by atoms with Gasteiger partial charge in [-0.05, 0) is 63.7 Å². The molecule has 2 bridgehead atoms. The third kappa shape index (κ3) is 4.78. The zero-order valence-corrected chi connectivity index (χ0v) is 18.1. The number of carbonyl (C=O) groups is 1. The predicted molar refractivity (Wildman–Crippen MR) is 112 cm³/mol. The van der Waals surface area contributed by atoms with E-state index in [0.717, 1.165) is 21.3 Å². The van der Waals surface area contributed by atoms with Gasteiger partial charge in [0.1, 0.15) is 0 Å². The van der Waals surface area contributed by atoms with Gasteiger partial charge in [-0.15, -0.1) is 10.2 Å². The summed E-state index contributed by atoms with van der Waals surface area (Å²) in [6, 6.07) is 0.821. The normalized spacial score (nSPS) is 30.2. The van der Waals surface area contributed by atoms with Crippen molar-refractivity contribution in [3.05, 3.63) is 0 Å². The summed E-state index contributed by atoms with van der Waals surface area (Å²) in [6.45, 7) is 4.17. The maximum absolute atomic E-state index is 12.7. The number of aromatic nitrogens is 2. The van der Waals surface area contributed by atoms with Gasteiger partial charge in [-0.2, -0.15) is 0 Å². The van der Waals surface area contributed by atoms with Crippen LogP contribution >= 0.6 is 23.1 Å². The fraction of sp³-hybridized carbons (Fsp3) is 0.850. The zero-order chi connectivity index (χ0) is 18.8. The van der Waals surface area contributed by atoms with Crippen LogP contribution in [0.15, 0.2) is 4.34 Å². The van der Waals surface area contributed by atoms with Crippen molar-refractivity contribution in [1.29, 1.82) is 0 Å². The van der Waals surface area contributed by atoms with Gasteiger partial charge in [0.2, 0.25) is 11.0 Å². The topological polar surface area (TPSA) is 66.9 Å². The molecule has 5 nitrogen and oxygen atoms in total. The van der Waals surface area contributed by atoms with Gasteiger partial charge in [0.15, 0.2) is 4.34 Å². The van der Waals surface area contributed by atoms with E-state index < -0.39 is 0 Å². The van der Waals surface area contributed by atoms with Crippen LogP contribution in [-0.2, 0) is 4.79 Å². The fourth-order valence-electron chi connectivity index (χ4n) is 5.30. The second-order valence-electron chi connectivity index (χ2n) is 8.75. The van der Waals surface area contributed by atoms with Crippen molar-refractivity contribution in [2.75, 3.05) is 5.32 Å². The van der Waals surface area contributed by atoms with E-state index in [0.29, 0.717) is 12.0 Å². The molecule has 0 aliphatic heterocycles. The number of carbonyl (C=O) groups excluding carboxylic acids is 1. The largest absolute Gasteiger partial charge is 0.357 e. The number of thioether (sulfide) groups is 1. The predicted octanol–water partition coefficient (Wildman–Crippen LogP) is 4.70. The molecule has 1 aromatic rings. The van der Waals surface area contributed by atoms with Gasteiger partial charge in [0.25, 0.3) is 0 Å². The first-order valence-corrected chi connectivity index (χ1v) is 12.3. The summed E-state index contributed by atoms with van der Waals surface area (Å²) in [5, 5.41) is 16.1. The van der Waals surface area contributed by atoms with Gasteiger partial charge >= 0.3 is 0 Å². The third-order valence-electron chi connectivity index (χ3n) is 6.79. The highest BCUT2D eigenvalue weighted by molar-refractivity contribution is 8.02. The van der Waals surface area contributed by atoms with E-state index in [4.69, 9.17) is 0 Å². The molecule has 1 amide bonds. The Labute approximate surface area is 170 Å². The van der Waals surface area contributed by atoms with Gasteiger partial charge in [-0.25, -0.2) is 0 Å². The number of fused-ring (bicyclic) bond motifs is 2. The molecule has 0 spiro atoms. The molecule has 1 aromatic heterocycles. The lowest BCUT2D eigenvalue weighted by atomic mass is 9.84. The minimum Gasteiger partial charge on any atom is -0.357 e. The van der Waals surface area contributed by atoms with Crippen molar-refractivity contribution >= 4 is 34.1 Å². The Kier molecular flexibility index (Phi) is 6.27. The van der Waals surface area contributed by atoms with Crippen LogP contribution in [0.1, 0.15) is 71.6 Å².